The van der Waals surface area contributed by atoms with E-state index in [9.17, 15) is 24.9 Å². The van der Waals surface area contributed by atoms with E-state index in [4.69, 9.17) is 9.47 Å². The molecule has 44 heavy (non-hydrogen) atoms. The van der Waals surface area contributed by atoms with Crippen LogP contribution >= 0.6 is 0 Å². The van der Waals surface area contributed by atoms with Crippen LogP contribution in [0.15, 0.2) is 12.2 Å². The van der Waals surface area contributed by atoms with Crippen molar-refractivity contribution in [2.24, 2.45) is 5.92 Å². The number of ether oxygens (including phenoxy) is 2. The SMILES string of the molecule is CCCCCCCCCCCC/C=C\CC[C@@H](O)[C@H]1CC[C@H]([C@H](O)CC[C@H](O)CCCCC[C@@H]2C[C@@H](CC(C)=O)C(=O)O2)O1. The number of ketones is 1. The first-order valence-corrected chi connectivity index (χ1v) is 18.3. The lowest BCUT2D eigenvalue weighted by molar-refractivity contribution is -0.145. The molecule has 2 heterocycles. The van der Waals surface area contributed by atoms with Crippen molar-refractivity contribution >= 4 is 11.8 Å². The van der Waals surface area contributed by atoms with Crippen LogP contribution < -0.4 is 0 Å². The summed E-state index contributed by atoms with van der Waals surface area (Å²) in [7, 11) is 0. The summed E-state index contributed by atoms with van der Waals surface area (Å²) >= 11 is 0. The van der Waals surface area contributed by atoms with E-state index in [1.54, 1.807) is 0 Å². The molecule has 0 bridgehead atoms. The highest BCUT2D eigenvalue weighted by Gasteiger charge is 2.35. The zero-order valence-electron chi connectivity index (χ0n) is 28.1. The van der Waals surface area contributed by atoms with Crippen LogP contribution in [-0.4, -0.2) is 63.7 Å². The van der Waals surface area contributed by atoms with Crippen LogP contribution in [0, 0.1) is 5.92 Å². The first-order chi connectivity index (χ1) is 21.3. The van der Waals surface area contributed by atoms with Crippen LogP contribution in [0.5, 0.6) is 0 Å². The number of carbonyl (C=O) groups excluding carboxylic acids is 2. The summed E-state index contributed by atoms with van der Waals surface area (Å²) in [5.74, 6) is -0.496. The normalized spacial score (nSPS) is 24.2. The van der Waals surface area contributed by atoms with E-state index in [0.29, 0.717) is 32.1 Å². The number of aliphatic hydroxyl groups is 3. The fraction of sp³-hybridized carbons (Fsp3) is 0.892. The van der Waals surface area contributed by atoms with E-state index in [2.05, 4.69) is 19.1 Å². The van der Waals surface area contributed by atoms with E-state index in [0.717, 1.165) is 51.4 Å². The molecule has 0 unspecified atom stereocenters. The van der Waals surface area contributed by atoms with Crippen molar-refractivity contribution in [3.63, 3.8) is 0 Å². The Morgan fingerprint density at radius 1 is 0.773 bits per heavy atom. The fourth-order valence-electron chi connectivity index (χ4n) is 6.73. The number of Topliss-reactive ketones (excluding diaryl/α,β-unsaturated/α-hetero) is 1. The summed E-state index contributed by atoms with van der Waals surface area (Å²) < 4.78 is 11.4. The van der Waals surface area contributed by atoms with Gasteiger partial charge < -0.3 is 29.6 Å². The molecule has 0 radical (unpaired) electrons. The molecule has 0 aliphatic carbocycles. The van der Waals surface area contributed by atoms with Gasteiger partial charge in [0, 0.05) is 6.42 Å². The van der Waals surface area contributed by atoms with Crippen molar-refractivity contribution in [2.45, 2.75) is 205 Å². The second-order valence-electron chi connectivity index (χ2n) is 13.7. The Hall–Kier alpha value is -1.28. The Kier molecular flexibility index (Phi) is 21.2. The van der Waals surface area contributed by atoms with Crippen molar-refractivity contribution in [1.29, 1.82) is 0 Å². The number of cyclic esters (lactones) is 1. The molecular weight excluding hydrogens is 556 g/mol. The molecule has 2 aliphatic rings. The Morgan fingerprint density at radius 2 is 1.36 bits per heavy atom. The standard InChI is InChI=1S/C37H66O7/c1-3-4-5-6-7-8-9-10-11-12-13-14-15-19-22-33(40)35-25-26-36(44-35)34(41)24-23-31(39)20-17-16-18-21-32-28-30(27-29(2)38)37(42)43-32/h14-15,30-36,39-41H,3-13,16-28H2,1-2H3/b15-14-/t30-,31-,32-,33-,34-,35-,36-/m1/s1. The van der Waals surface area contributed by atoms with Crippen molar-refractivity contribution < 1.29 is 34.4 Å². The molecule has 7 nitrogen and oxygen atoms in total. The van der Waals surface area contributed by atoms with Gasteiger partial charge in [0.05, 0.1) is 36.4 Å². The lowest BCUT2D eigenvalue weighted by Crippen LogP contribution is -2.31. The quantitative estimate of drug-likeness (QED) is 0.0485. The molecule has 0 spiro atoms. The summed E-state index contributed by atoms with van der Waals surface area (Å²) in [5.41, 5.74) is 0. The summed E-state index contributed by atoms with van der Waals surface area (Å²) in [6.07, 6.45) is 26.2. The maximum Gasteiger partial charge on any atom is 0.309 e. The molecule has 3 N–H and O–H groups in total. The zero-order valence-corrected chi connectivity index (χ0v) is 28.1. The van der Waals surface area contributed by atoms with E-state index < -0.39 is 18.3 Å². The van der Waals surface area contributed by atoms with Gasteiger partial charge in [-0.05, 0) is 84.0 Å². The van der Waals surface area contributed by atoms with E-state index in [1.807, 2.05) is 0 Å². The number of unbranched alkanes of at least 4 members (excludes halogenated alkanes) is 12. The molecule has 2 aliphatic heterocycles. The maximum atomic E-state index is 11.9. The van der Waals surface area contributed by atoms with Gasteiger partial charge in [-0.25, -0.2) is 0 Å². The second-order valence-corrected chi connectivity index (χ2v) is 13.7. The first-order valence-electron chi connectivity index (χ1n) is 18.3. The van der Waals surface area contributed by atoms with Crippen LogP contribution in [0.1, 0.15) is 168 Å². The monoisotopic (exact) mass is 622 g/mol. The number of hydrogen-bond donors (Lipinski definition) is 3. The predicted octanol–water partition coefficient (Wildman–Crippen LogP) is 7.91. The summed E-state index contributed by atoms with van der Waals surface area (Å²) in [6, 6.07) is 0. The third-order valence-corrected chi connectivity index (χ3v) is 9.52. The summed E-state index contributed by atoms with van der Waals surface area (Å²) in [5, 5.41) is 31.7. The Labute approximate surface area is 268 Å². The van der Waals surface area contributed by atoms with Crippen molar-refractivity contribution in [2.75, 3.05) is 0 Å². The van der Waals surface area contributed by atoms with Crippen LogP contribution in [-0.2, 0) is 19.1 Å². The molecule has 0 amide bonds. The van der Waals surface area contributed by atoms with Gasteiger partial charge in [-0.15, -0.1) is 0 Å². The second kappa shape index (κ2) is 24.0. The molecule has 7 atom stereocenters. The third-order valence-electron chi connectivity index (χ3n) is 9.52. The molecular formula is C37H66O7. The van der Waals surface area contributed by atoms with Gasteiger partial charge in [-0.2, -0.15) is 0 Å². The van der Waals surface area contributed by atoms with Crippen LogP contribution in [0.25, 0.3) is 0 Å². The molecule has 0 aromatic heterocycles. The van der Waals surface area contributed by atoms with Crippen molar-refractivity contribution in [3.05, 3.63) is 12.2 Å². The van der Waals surface area contributed by atoms with Crippen molar-refractivity contribution in [1.82, 2.24) is 0 Å². The van der Waals surface area contributed by atoms with E-state index in [-0.39, 0.29) is 42.4 Å². The van der Waals surface area contributed by atoms with Crippen LogP contribution in [0.4, 0.5) is 0 Å². The molecule has 0 saturated carbocycles. The minimum Gasteiger partial charge on any atom is -0.462 e. The Balaban J connectivity index is 1.43. The van der Waals surface area contributed by atoms with E-state index >= 15 is 0 Å². The molecule has 0 aromatic rings. The minimum atomic E-state index is -0.622. The Morgan fingerprint density at radius 3 is 2.02 bits per heavy atom. The number of hydrogen-bond acceptors (Lipinski definition) is 7. The number of rotatable bonds is 27. The van der Waals surface area contributed by atoms with Gasteiger partial charge in [0.2, 0.25) is 0 Å². The fourth-order valence-corrected chi connectivity index (χ4v) is 6.73. The predicted molar refractivity (Wildman–Crippen MR) is 176 cm³/mol. The van der Waals surface area contributed by atoms with E-state index in [1.165, 1.54) is 71.1 Å². The largest absolute Gasteiger partial charge is 0.462 e. The highest BCUT2D eigenvalue weighted by atomic mass is 16.6. The minimum absolute atomic E-state index is 0.0247. The van der Waals surface area contributed by atoms with Gasteiger partial charge >= 0.3 is 5.97 Å². The molecule has 7 heteroatoms. The average Bonchev–Trinajstić information content (AvgIpc) is 3.62. The van der Waals surface area contributed by atoms with Crippen LogP contribution in [0.3, 0.4) is 0 Å². The Bertz CT molecular complexity index is 784. The van der Waals surface area contributed by atoms with Crippen LogP contribution in [0.2, 0.25) is 0 Å². The molecule has 2 saturated heterocycles. The average molecular weight is 623 g/mol. The van der Waals surface area contributed by atoms with Gasteiger partial charge in [0.1, 0.15) is 11.9 Å². The van der Waals surface area contributed by atoms with Gasteiger partial charge in [0.25, 0.3) is 0 Å². The van der Waals surface area contributed by atoms with Crippen molar-refractivity contribution in [3.8, 4) is 0 Å². The summed E-state index contributed by atoms with van der Waals surface area (Å²) in [6.45, 7) is 3.77. The summed E-state index contributed by atoms with van der Waals surface area (Å²) in [4.78, 5) is 23.1. The highest BCUT2D eigenvalue weighted by molar-refractivity contribution is 5.83. The third kappa shape index (κ3) is 17.4. The smallest absolute Gasteiger partial charge is 0.309 e. The van der Waals surface area contributed by atoms with Gasteiger partial charge in [0.15, 0.2) is 0 Å². The lowest BCUT2D eigenvalue weighted by Gasteiger charge is -2.22. The van der Waals surface area contributed by atoms with Gasteiger partial charge in [-0.3, -0.25) is 4.79 Å². The number of carbonyl (C=O) groups is 2. The molecule has 2 rings (SSSR count). The first kappa shape index (κ1) is 38.9. The topological polar surface area (TPSA) is 113 Å². The zero-order chi connectivity index (χ0) is 32.0. The number of esters is 1. The molecule has 0 aromatic carbocycles. The maximum absolute atomic E-state index is 11.9. The number of allylic oxidation sites excluding steroid dienone is 2. The lowest BCUT2D eigenvalue weighted by atomic mass is 9.96. The highest BCUT2D eigenvalue weighted by Crippen LogP contribution is 2.29. The number of aliphatic hydroxyl groups excluding tert-OH is 3. The van der Waals surface area contributed by atoms with Gasteiger partial charge in [-0.1, -0.05) is 89.7 Å². The molecule has 256 valence electrons. The molecule has 2 fully saturated rings.